The second-order valence-electron chi connectivity index (χ2n) is 6.39. The fourth-order valence-corrected chi connectivity index (χ4v) is 2.99. The predicted octanol–water partition coefficient (Wildman–Crippen LogP) is 4.43. The van der Waals surface area contributed by atoms with Crippen LogP contribution in [0.4, 0.5) is 13.2 Å². The molecule has 0 amide bonds. The van der Waals surface area contributed by atoms with Gasteiger partial charge in [0.1, 0.15) is 23.1 Å². The molecule has 7 nitrogen and oxygen atoms in total. The van der Waals surface area contributed by atoms with Gasteiger partial charge < -0.3 is 14.9 Å². The van der Waals surface area contributed by atoms with Gasteiger partial charge in [-0.1, -0.05) is 30.3 Å². The summed E-state index contributed by atoms with van der Waals surface area (Å²) in [6, 6.07) is 11.3. The average Bonchev–Trinajstić information content (AvgIpc) is 2.70. The van der Waals surface area contributed by atoms with Crippen molar-refractivity contribution in [2.75, 3.05) is 0 Å². The van der Waals surface area contributed by atoms with Gasteiger partial charge in [-0.05, 0) is 17.7 Å². The van der Waals surface area contributed by atoms with Crippen LogP contribution in [0.15, 0.2) is 42.5 Å². The summed E-state index contributed by atoms with van der Waals surface area (Å²) in [4.78, 5) is 27.1. The van der Waals surface area contributed by atoms with Gasteiger partial charge in [-0.2, -0.15) is 5.26 Å². The van der Waals surface area contributed by atoms with Gasteiger partial charge in [-0.15, -0.1) is 13.2 Å². The van der Waals surface area contributed by atoms with Gasteiger partial charge in [0.25, 0.3) is 0 Å². The van der Waals surface area contributed by atoms with Crippen molar-refractivity contribution in [1.29, 1.82) is 5.26 Å². The molecule has 158 valence electrons. The van der Waals surface area contributed by atoms with Gasteiger partial charge in [0, 0.05) is 17.4 Å². The van der Waals surface area contributed by atoms with Gasteiger partial charge in [-0.3, -0.25) is 9.59 Å². The number of carbonyl (C=O) groups excluding carboxylic acids is 1. The van der Waals surface area contributed by atoms with Crippen molar-refractivity contribution in [3.63, 3.8) is 0 Å². The molecular weight excluding hydrogens is 417 g/mol. The predicted molar refractivity (Wildman–Crippen MR) is 101 cm³/mol. The van der Waals surface area contributed by atoms with Crippen LogP contribution in [0, 0.1) is 11.3 Å². The van der Waals surface area contributed by atoms with Crippen molar-refractivity contribution in [1.82, 2.24) is 4.98 Å². The molecule has 1 aromatic heterocycles. The topological polar surface area (TPSA) is 121 Å². The van der Waals surface area contributed by atoms with Crippen LogP contribution in [0.1, 0.15) is 28.9 Å². The number of aliphatic carboxylic acids is 1. The Balaban J connectivity index is 2.15. The van der Waals surface area contributed by atoms with Crippen LogP contribution in [0.25, 0.3) is 22.0 Å². The number of pyridine rings is 1. The third-order valence-corrected chi connectivity index (χ3v) is 4.33. The van der Waals surface area contributed by atoms with E-state index in [1.165, 1.54) is 36.4 Å². The zero-order chi connectivity index (χ0) is 22.8. The summed E-state index contributed by atoms with van der Waals surface area (Å²) in [5.41, 5.74) is -0.322. The number of fused-ring (bicyclic) bond motifs is 1. The van der Waals surface area contributed by atoms with Crippen LogP contribution < -0.4 is 4.74 Å². The molecule has 0 spiro atoms. The third kappa shape index (κ3) is 4.72. The highest BCUT2D eigenvalue weighted by Gasteiger charge is 2.32. The largest absolute Gasteiger partial charge is 0.573 e. The minimum Gasteiger partial charge on any atom is -0.504 e. The van der Waals surface area contributed by atoms with E-state index in [-0.39, 0.29) is 27.6 Å². The maximum absolute atomic E-state index is 12.7. The summed E-state index contributed by atoms with van der Waals surface area (Å²) in [7, 11) is 0. The number of nitrogens with zero attached hydrogens (tertiary/aromatic N) is 2. The SMILES string of the molecule is N#Cc1c(O)c(C(=O)CCC(=O)O)nc2cc(-c3ccccc3OC(F)(F)F)ccc12. The molecule has 0 aliphatic carbocycles. The Morgan fingerprint density at radius 2 is 1.84 bits per heavy atom. The lowest BCUT2D eigenvalue weighted by Crippen LogP contribution is -2.17. The maximum atomic E-state index is 12.7. The number of aromatic hydroxyl groups is 1. The van der Waals surface area contributed by atoms with Gasteiger partial charge >= 0.3 is 12.3 Å². The number of ketones is 1. The summed E-state index contributed by atoms with van der Waals surface area (Å²) in [5, 5.41) is 28.6. The van der Waals surface area contributed by atoms with Crippen LogP contribution >= 0.6 is 0 Å². The third-order valence-electron chi connectivity index (χ3n) is 4.33. The first-order valence-electron chi connectivity index (χ1n) is 8.77. The molecule has 0 radical (unpaired) electrons. The molecule has 0 aliphatic rings. The van der Waals surface area contributed by atoms with Crippen molar-refractivity contribution in [3.05, 3.63) is 53.7 Å². The Hall–Kier alpha value is -4.13. The Bertz CT molecular complexity index is 1230. The maximum Gasteiger partial charge on any atom is 0.573 e. The quantitative estimate of drug-likeness (QED) is 0.555. The number of halogens is 3. The molecule has 0 bridgehead atoms. The summed E-state index contributed by atoms with van der Waals surface area (Å²) in [6.07, 6.45) is -5.86. The highest BCUT2D eigenvalue weighted by Crippen LogP contribution is 2.36. The molecule has 1 heterocycles. The summed E-state index contributed by atoms with van der Waals surface area (Å²) < 4.78 is 42.2. The zero-order valence-electron chi connectivity index (χ0n) is 15.6. The normalized spacial score (nSPS) is 11.2. The number of para-hydroxylation sites is 1. The van der Waals surface area contributed by atoms with E-state index in [0.717, 1.165) is 6.07 Å². The highest BCUT2D eigenvalue weighted by molar-refractivity contribution is 6.03. The molecule has 0 saturated heterocycles. The van der Waals surface area contributed by atoms with Crippen LogP contribution in [-0.4, -0.2) is 33.3 Å². The summed E-state index contributed by atoms with van der Waals surface area (Å²) >= 11 is 0. The van der Waals surface area contributed by atoms with E-state index in [2.05, 4.69) is 9.72 Å². The Kier molecular flexibility index (Phi) is 5.79. The van der Waals surface area contributed by atoms with Crippen molar-refractivity contribution < 1.29 is 37.7 Å². The van der Waals surface area contributed by atoms with Crippen molar-refractivity contribution in [2.24, 2.45) is 0 Å². The number of nitriles is 1. The number of aromatic nitrogens is 1. The molecule has 2 N–H and O–H groups in total. The fraction of sp³-hybridized carbons (Fsp3) is 0.143. The van der Waals surface area contributed by atoms with Crippen molar-refractivity contribution in [2.45, 2.75) is 19.2 Å². The number of alkyl halides is 3. The van der Waals surface area contributed by atoms with Crippen LogP contribution in [0.2, 0.25) is 0 Å². The van der Waals surface area contributed by atoms with Gasteiger partial charge in [0.05, 0.1) is 11.9 Å². The van der Waals surface area contributed by atoms with E-state index >= 15 is 0 Å². The first-order valence-corrected chi connectivity index (χ1v) is 8.77. The number of carboxylic acid groups (broad SMARTS) is 1. The number of hydrogen-bond acceptors (Lipinski definition) is 6. The summed E-state index contributed by atoms with van der Waals surface area (Å²) in [5.74, 6) is -3.15. The molecule has 2 aromatic carbocycles. The minimum atomic E-state index is -4.91. The number of carbonyl (C=O) groups is 2. The van der Waals surface area contributed by atoms with E-state index in [4.69, 9.17) is 5.11 Å². The number of carboxylic acids is 1. The number of Topliss-reactive ketones (excluding diaryl/α,β-unsaturated/α-hetero) is 1. The van der Waals surface area contributed by atoms with E-state index in [1.54, 1.807) is 6.07 Å². The van der Waals surface area contributed by atoms with Crippen LogP contribution in [-0.2, 0) is 4.79 Å². The van der Waals surface area contributed by atoms with Gasteiger partial charge in [0.2, 0.25) is 0 Å². The Morgan fingerprint density at radius 1 is 1.13 bits per heavy atom. The average molecular weight is 430 g/mol. The van der Waals surface area contributed by atoms with Crippen molar-refractivity contribution in [3.8, 4) is 28.7 Å². The molecule has 3 rings (SSSR count). The van der Waals surface area contributed by atoms with Crippen LogP contribution in [0.5, 0.6) is 11.5 Å². The van der Waals surface area contributed by atoms with E-state index in [0.29, 0.717) is 0 Å². The first kappa shape index (κ1) is 21.6. The van der Waals surface area contributed by atoms with Crippen molar-refractivity contribution >= 4 is 22.7 Å². The standard InChI is InChI=1S/C21H13F3N2O5/c22-21(23,24)31-17-4-2-1-3-12(17)11-5-6-13-14(10-25)20(30)19(26-15(13)9-11)16(27)7-8-18(28)29/h1-6,9,30H,7-8H2,(H,28,29). The molecule has 0 saturated carbocycles. The lowest BCUT2D eigenvalue weighted by molar-refractivity contribution is -0.274. The molecule has 31 heavy (non-hydrogen) atoms. The van der Waals surface area contributed by atoms with E-state index in [9.17, 15) is 33.1 Å². The second kappa shape index (κ2) is 8.31. The molecular formula is C21H13F3N2O5. The van der Waals surface area contributed by atoms with Gasteiger partial charge in [0.15, 0.2) is 11.5 Å². The molecule has 0 atom stereocenters. The zero-order valence-corrected chi connectivity index (χ0v) is 15.6. The first-order chi connectivity index (χ1) is 14.6. The minimum absolute atomic E-state index is 0.0623. The van der Waals surface area contributed by atoms with Gasteiger partial charge in [-0.25, -0.2) is 4.98 Å². The molecule has 0 unspecified atom stereocenters. The van der Waals surface area contributed by atoms with Crippen LogP contribution in [0.3, 0.4) is 0 Å². The Morgan fingerprint density at radius 3 is 2.48 bits per heavy atom. The Labute approximate surface area is 172 Å². The molecule has 0 aliphatic heterocycles. The molecule has 3 aromatic rings. The molecule has 10 heteroatoms. The lowest BCUT2D eigenvalue weighted by Gasteiger charge is -2.14. The molecule has 0 fully saturated rings. The summed E-state index contributed by atoms with van der Waals surface area (Å²) in [6.45, 7) is 0. The van der Waals surface area contributed by atoms with E-state index < -0.39 is 48.1 Å². The number of ether oxygens (including phenoxy) is 1. The number of benzene rings is 2. The number of hydrogen-bond donors (Lipinski definition) is 2. The second-order valence-corrected chi connectivity index (χ2v) is 6.39. The fourth-order valence-electron chi connectivity index (χ4n) is 2.99. The lowest BCUT2D eigenvalue weighted by atomic mass is 9.99. The monoisotopic (exact) mass is 430 g/mol. The highest BCUT2D eigenvalue weighted by atomic mass is 19.4. The smallest absolute Gasteiger partial charge is 0.504 e. The van der Waals surface area contributed by atoms with E-state index in [1.807, 2.05) is 0 Å². The number of rotatable bonds is 6.